The summed E-state index contributed by atoms with van der Waals surface area (Å²) in [7, 11) is -2.14. The first-order valence-corrected chi connectivity index (χ1v) is 13.5. The van der Waals surface area contributed by atoms with Gasteiger partial charge in [-0.3, -0.25) is 9.88 Å². The average Bonchev–Trinajstić information content (AvgIpc) is 2.88. The number of nitrogens with zero attached hydrogens (tertiary/aromatic N) is 3. The Morgan fingerprint density at radius 1 is 1.03 bits per heavy atom. The molecule has 3 aromatic rings. The lowest BCUT2D eigenvalue weighted by atomic mass is 9.74. The maximum absolute atomic E-state index is 13.6. The molecule has 35 heavy (non-hydrogen) atoms. The van der Waals surface area contributed by atoms with Crippen LogP contribution in [0, 0.1) is 0 Å². The van der Waals surface area contributed by atoms with E-state index < -0.39 is 10.0 Å². The van der Waals surface area contributed by atoms with E-state index in [0.717, 1.165) is 36.1 Å². The number of ether oxygens (including phenoxy) is 1. The van der Waals surface area contributed by atoms with Gasteiger partial charge in [-0.25, -0.2) is 8.42 Å². The van der Waals surface area contributed by atoms with Crippen LogP contribution in [0.15, 0.2) is 78.0 Å². The summed E-state index contributed by atoms with van der Waals surface area (Å²) in [5, 5.41) is 10.2. The maximum Gasteiger partial charge on any atom is 0.243 e. The van der Waals surface area contributed by atoms with Crippen LogP contribution in [0.25, 0.3) is 11.1 Å². The summed E-state index contributed by atoms with van der Waals surface area (Å²) in [6.45, 7) is 1.80. The lowest BCUT2D eigenvalue weighted by Crippen LogP contribution is -2.67. The van der Waals surface area contributed by atoms with Crippen molar-refractivity contribution in [1.82, 2.24) is 14.2 Å². The van der Waals surface area contributed by atoms with Crippen molar-refractivity contribution in [2.24, 2.45) is 0 Å². The van der Waals surface area contributed by atoms with Crippen molar-refractivity contribution in [3.8, 4) is 16.9 Å². The van der Waals surface area contributed by atoms with Crippen LogP contribution in [0.3, 0.4) is 0 Å². The van der Waals surface area contributed by atoms with Crippen LogP contribution >= 0.6 is 0 Å². The number of methoxy groups -OCH3 is 1. The van der Waals surface area contributed by atoms with Gasteiger partial charge in [-0.1, -0.05) is 36.4 Å². The first-order chi connectivity index (χ1) is 17.0. The van der Waals surface area contributed by atoms with E-state index in [9.17, 15) is 13.5 Å². The second kappa shape index (κ2) is 10.1. The molecule has 5 rings (SSSR count). The molecule has 3 heterocycles. The second-order valence-corrected chi connectivity index (χ2v) is 11.1. The molecule has 0 radical (unpaired) electrons. The quantitative estimate of drug-likeness (QED) is 0.567. The predicted molar refractivity (Wildman–Crippen MR) is 135 cm³/mol. The highest BCUT2D eigenvalue weighted by Crippen LogP contribution is 2.43. The van der Waals surface area contributed by atoms with E-state index >= 15 is 0 Å². The third-order valence-electron chi connectivity index (χ3n) is 7.30. The first kappa shape index (κ1) is 23.9. The molecule has 1 N–H and O–H groups in total. The van der Waals surface area contributed by atoms with Gasteiger partial charge in [0.15, 0.2) is 0 Å². The molecule has 184 valence electrons. The molecule has 1 aromatic heterocycles. The molecule has 2 fully saturated rings. The average molecular weight is 494 g/mol. The standard InChI is InChI=1S/C27H31N3O4S/c1-34-23-7-4-8-24(16-23)35(32,33)29-14-2-3-15-30-25(18-29)27(26(30)19-31)21-11-9-20(10-12-21)22-6-5-13-28-17-22/h4-13,16-17,25-27,31H,2-3,14-15,18-19H2,1H3/t25-,26+,27+/m0/s1. The van der Waals surface area contributed by atoms with Crippen LogP contribution in [-0.4, -0.2) is 73.1 Å². The van der Waals surface area contributed by atoms with Gasteiger partial charge in [-0.15, -0.1) is 0 Å². The molecule has 2 aromatic carbocycles. The number of rotatable bonds is 6. The Kier molecular flexibility index (Phi) is 6.88. The fourth-order valence-corrected chi connectivity index (χ4v) is 7.00. The maximum atomic E-state index is 13.6. The lowest BCUT2D eigenvalue weighted by molar-refractivity contribution is -0.0553. The minimum Gasteiger partial charge on any atom is -0.497 e. The Morgan fingerprint density at radius 3 is 2.54 bits per heavy atom. The molecular weight excluding hydrogens is 462 g/mol. The van der Waals surface area contributed by atoms with E-state index in [2.05, 4.69) is 34.1 Å². The van der Waals surface area contributed by atoms with Crippen molar-refractivity contribution in [3.63, 3.8) is 0 Å². The fraction of sp³-hybridized carbons (Fsp3) is 0.370. The molecule has 0 bridgehead atoms. The normalized spacial score (nSPS) is 23.5. The number of sulfonamides is 1. The van der Waals surface area contributed by atoms with Crippen LogP contribution in [0.4, 0.5) is 0 Å². The molecule has 0 aliphatic carbocycles. The molecule has 2 saturated heterocycles. The second-order valence-electron chi connectivity index (χ2n) is 9.19. The molecule has 2 aliphatic rings. The van der Waals surface area contributed by atoms with Gasteiger partial charge in [0.25, 0.3) is 0 Å². The van der Waals surface area contributed by atoms with Gasteiger partial charge < -0.3 is 9.84 Å². The highest BCUT2D eigenvalue weighted by molar-refractivity contribution is 7.89. The SMILES string of the molecule is COc1cccc(S(=O)(=O)N2CCCCN3[C@H](CO)[C@H](c4ccc(-c5cccnc5)cc4)[C@@H]3C2)c1. The molecule has 0 spiro atoms. The van der Waals surface area contributed by atoms with Crippen molar-refractivity contribution in [2.45, 2.75) is 35.7 Å². The Balaban J connectivity index is 1.42. The number of aliphatic hydroxyl groups is 1. The number of hydrogen-bond acceptors (Lipinski definition) is 6. The van der Waals surface area contributed by atoms with Crippen molar-refractivity contribution >= 4 is 10.0 Å². The first-order valence-electron chi connectivity index (χ1n) is 12.0. The van der Waals surface area contributed by atoms with Crippen LogP contribution in [0.5, 0.6) is 5.75 Å². The van der Waals surface area contributed by atoms with E-state index in [-0.39, 0.29) is 29.5 Å². The fourth-order valence-electron chi connectivity index (χ4n) is 5.47. The van der Waals surface area contributed by atoms with Crippen molar-refractivity contribution in [2.75, 3.05) is 33.4 Å². The molecular formula is C27H31N3O4S. The zero-order chi connectivity index (χ0) is 24.4. The van der Waals surface area contributed by atoms with Crippen molar-refractivity contribution in [1.29, 1.82) is 0 Å². The van der Waals surface area contributed by atoms with E-state index in [1.165, 1.54) is 7.11 Å². The van der Waals surface area contributed by atoms with E-state index in [1.54, 1.807) is 34.8 Å². The number of aromatic nitrogens is 1. The van der Waals surface area contributed by atoms with Gasteiger partial charge in [0.2, 0.25) is 10.0 Å². The smallest absolute Gasteiger partial charge is 0.243 e. The Morgan fingerprint density at radius 2 is 1.83 bits per heavy atom. The van der Waals surface area contributed by atoms with Crippen molar-refractivity contribution < 1.29 is 18.3 Å². The molecule has 8 heteroatoms. The minimum atomic E-state index is -3.67. The monoisotopic (exact) mass is 493 g/mol. The number of aliphatic hydroxyl groups excluding tert-OH is 1. The largest absolute Gasteiger partial charge is 0.497 e. The van der Waals surface area contributed by atoms with Gasteiger partial charge in [0.05, 0.1) is 18.6 Å². The minimum absolute atomic E-state index is 0.0104. The van der Waals surface area contributed by atoms with Crippen molar-refractivity contribution in [3.05, 3.63) is 78.6 Å². The summed E-state index contributed by atoms with van der Waals surface area (Å²) in [5.41, 5.74) is 3.25. The van der Waals surface area contributed by atoms with Gasteiger partial charge in [0.1, 0.15) is 5.75 Å². The highest BCUT2D eigenvalue weighted by atomic mass is 32.2. The Hall–Kier alpha value is -2.78. The summed E-state index contributed by atoms with van der Waals surface area (Å²) >= 11 is 0. The summed E-state index contributed by atoms with van der Waals surface area (Å²) in [5.74, 6) is 0.583. The van der Waals surface area contributed by atoms with Gasteiger partial charge in [-0.05, 0) is 54.3 Å². The Bertz CT molecular complexity index is 1250. The molecule has 0 saturated carbocycles. The topological polar surface area (TPSA) is 83.0 Å². The zero-order valence-corrected chi connectivity index (χ0v) is 20.6. The van der Waals surface area contributed by atoms with Crippen LogP contribution < -0.4 is 4.74 Å². The molecule has 7 nitrogen and oxygen atoms in total. The number of hydrogen-bond donors (Lipinski definition) is 1. The third kappa shape index (κ3) is 4.59. The van der Waals surface area contributed by atoms with E-state index in [0.29, 0.717) is 18.8 Å². The molecule has 2 aliphatic heterocycles. The molecule has 0 unspecified atom stereocenters. The Labute approximate surface area is 207 Å². The summed E-state index contributed by atoms with van der Waals surface area (Å²) in [6.07, 6.45) is 5.28. The number of pyridine rings is 1. The predicted octanol–water partition coefficient (Wildman–Crippen LogP) is 3.37. The van der Waals surface area contributed by atoms with E-state index in [4.69, 9.17) is 4.74 Å². The van der Waals surface area contributed by atoms with E-state index in [1.807, 2.05) is 18.3 Å². The molecule has 3 atom stereocenters. The summed E-state index contributed by atoms with van der Waals surface area (Å²) in [6, 6.07) is 19.0. The zero-order valence-electron chi connectivity index (χ0n) is 19.8. The third-order valence-corrected chi connectivity index (χ3v) is 9.16. The summed E-state index contributed by atoms with van der Waals surface area (Å²) < 4.78 is 34.0. The van der Waals surface area contributed by atoms with Crippen LogP contribution in [-0.2, 0) is 10.0 Å². The molecule has 0 amide bonds. The van der Waals surface area contributed by atoms with Gasteiger partial charge >= 0.3 is 0 Å². The summed E-state index contributed by atoms with van der Waals surface area (Å²) in [4.78, 5) is 6.74. The van der Waals surface area contributed by atoms with Gasteiger partial charge in [-0.2, -0.15) is 4.31 Å². The number of fused-ring (bicyclic) bond motifs is 1. The number of benzene rings is 2. The highest BCUT2D eigenvalue weighted by Gasteiger charge is 2.50. The van der Waals surface area contributed by atoms with Crippen LogP contribution in [0.1, 0.15) is 24.3 Å². The van der Waals surface area contributed by atoms with Gasteiger partial charge in [0, 0.05) is 49.6 Å². The van der Waals surface area contributed by atoms with Crippen LogP contribution in [0.2, 0.25) is 0 Å². The lowest BCUT2D eigenvalue weighted by Gasteiger charge is -2.57.